The molecule has 166 valence electrons. The molecule has 0 spiro atoms. The van der Waals surface area contributed by atoms with Crippen LogP contribution >= 0.6 is 15.9 Å². The fourth-order valence-electron chi connectivity index (χ4n) is 2.75. The second-order valence-electron chi connectivity index (χ2n) is 6.53. The van der Waals surface area contributed by atoms with Crippen LogP contribution in [0.3, 0.4) is 0 Å². The van der Waals surface area contributed by atoms with E-state index < -0.39 is 11.7 Å². The molecular weight excluding hydrogens is 497 g/mol. The molecule has 3 aromatic carbocycles. The molecule has 33 heavy (non-hydrogen) atoms. The molecule has 0 unspecified atom stereocenters. The van der Waals surface area contributed by atoms with Gasteiger partial charge in [0.05, 0.1) is 10.2 Å². The molecule has 11 heteroatoms. The van der Waals surface area contributed by atoms with Gasteiger partial charge in [-0.1, -0.05) is 24.3 Å². The van der Waals surface area contributed by atoms with Crippen LogP contribution in [-0.2, 0) is 0 Å². The molecule has 3 N–H and O–H groups in total. The third-order valence-electron chi connectivity index (χ3n) is 4.27. The van der Waals surface area contributed by atoms with Gasteiger partial charge in [0.1, 0.15) is 17.3 Å². The fourth-order valence-corrected chi connectivity index (χ4v) is 3.11. The summed E-state index contributed by atoms with van der Waals surface area (Å²) in [6.07, 6.45) is 0. The van der Waals surface area contributed by atoms with Crippen LogP contribution in [-0.4, -0.2) is 27.3 Å². The van der Waals surface area contributed by atoms with E-state index in [2.05, 4.69) is 36.6 Å². The number of ether oxygens (including phenoxy) is 1. The van der Waals surface area contributed by atoms with Gasteiger partial charge in [-0.15, -0.1) is 0 Å². The second kappa shape index (κ2) is 10.0. The Balaban J connectivity index is 1.54. The van der Waals surface area contributed by atoms with E-state index in [0.717, 1.165) is 0 Å². The molecule has 1 heterocycles. The number of anilines is 1. The lowest BCUT2D eigenvalue weighted by molar-refractivity contribution is 0.102. The number of amides is 1. The Labute approximate surface area is 195 Å². The summed E-state index contributed by atoms with van der Waals surface area (Å²) in [6, 6.07) is 19.7. The Morgan fingerprint density at radius 2 is 1.82 bits per heavy atom. The van der Waals surface area contributed by atoms with E-state index in [4.69, 9.17) is 9.37 Å². The zero-order chi connectivity index (χ0) is 23.2. The van der Waals surface area contributed by atoms with Crippen molar-refractivity contribution in [1.29, 1.82) is 0 Å². The molecule has 0 aliphatic carbocycles. The van der Waals surface area contributed by atoms with Crippen molar-refractivity contribution in [3.05, 3.63) is 94.3 Å². The van der Waals surface area contributed by atoms with E-state index in [-0.39, 0.29) is 27.4 Å². The maximum absolute atomic E-state index is 13.5. The topological polar surface area (TPSA) is 122 Å². The SMILES string of the molecule is O=C(Nc1nonc1C(=Nc1ccc(F)c(Br)c1)NO)c1cccc(Oc2ccccc2)c1. The van der Waals surface area contributed by atoms with Gasteiger partial charge in [-0.05, 0) is 74.8 Å². The Hall–Kier alpha value is -4.09. The molecule has 0 bridgehead atoms. The Morgan fingerprint density at radius 3 is 2.58 bits per heavy atom. The van der Waals surface area contributed by atoms with Crippen molar-refractivity contribution in [1.82, 2.24) is 15.8 Å². The zero-order valence-corrected chi connectivity index (χ0v) is 18.3. The van der Waals surface area contributed by atoms with E-state index in [1.54, 1.807) is 36.4 Å². The maximum Gasteiger partial charge on any atom is 0.257 e. The Morgan fingerprint density at radius 1 is 1.03 bits per heavy atom. The number of nitrogens with zero attached hydrogens (tertiary/aromatic N) is 3. The van der Waals surface area contributed by atoms with Crippen LogP contribution < -0.4 is 15.5 Å². The number of hydrogen-bond acceptors (Lipinski definition) is 7. The first-order chi connectivity index (χ1) is 16.0. The summed E-state index contributed by atoms with van der Waals surface area (Å²) in [7, 11) is 0. The number of para-hydroxylation sites is 1. The smallest absolute Gasteiger partial charge is 0.257 e. The molecule has 1 amide bonds. The number of halogens is 2. The first kappa shape index (κ1) is 22.1. The Bertz CT molecular complexity index is 1310. The predicted molar refractivity (Wildman–Crippen MR) is 120 cm³/mol. The minimum absolute atomic E-state index is 0.0667. The molecule has 0 fully saturated rings. The number of aromatic nitrogens is 2. The molecule has 9 nitrogen and oxygen atoms in total. The second-order valence-corrected chi connectivity index (χ2v) is 7.38. The third kappa shape index (κ3) is 5.40. The van der Waals surface area contributed by atoms with Crippen LogP contribution in [0.1, 0.15) is 16.1 Å². The van der Waals surface area contributed by atoms with E-state index in [1.165, 1.54) is 18.2 Å². The molecule has 0 radical (unpaired) electrons. The van der Waals surface area contributed by atoms with E-state index >= 15 is 0 Å². The van der Waals surface area contributed by atoms with Gasteiger partial charge in [0.25, 0.3) is 5.91 Å². The van der Waals surface area contributed by atoms with Crippen molar-refractivity contribution in [2.24, 2.45) is 4.99 Å². The monoisotopic (exact) mass is 511 g/mol. The van der Waals surface area contributed by atoms with Crippen LogP contribution in [0.2, 0.25) is 0 Å². The van der Waals surface area contributed by atoms with Gasteiger partial charge in [-0.2, -0.15) is 0 Å². The van der Waals surface area contributed by atoms with Gasteiger partial charge < -0.3 is 10.1 Å². The summed E-state index contributed by atoms with van der Waals surface area (Å²) in [5, 5.41) is 19.4. The first-order valence-electron chi connectivity index (χ1n) is 9.44. The highest BCUT2D eigenvalue weighted by atomic mass is 79.9. The van der Waals surface area contributed by atoms with Gasteiger partial charge in [0.2, 0.25) is 5.82 Å². The summed E-state index contributed by atoms with van der Waals surface area (Å²) in [5.74, 6) is -0.162. The quantitative estimate of drug-likeness (QED) is 0.187. The van der Waals surface area contributed by atoms with Crippen molar-refractivity contribution in [2.75, 3.05) is 5.32 Å². The number of aliphatic imine (C=N–C) groups is 1. The molecule has 0 saturated carbocycles. The highest BCUT2D eigenvalue weighted by Gasteiger charge is 2.20. The minimum Gasteiger partial charge on any atom is -0.457 e. The van der Waals surface area contributed by atoms with Crippen LogP contribution in [0.5, 0.6) is 11.5 Å². The number of nitrogens with one attached hydrogen (secondary N) is 2. The van der Waals surface area contributed by atoms with E-state index in [1.807, 2.05) is 23.7 Å². The summed E-state index contributed by atoms with van der Waals surface area (Å²) in [6.45, 7) is 0. The molecule has 4 aromatic rings. The highest BCUT2D eigenvalue weighted by molar-refractivity contribution is 9.10. The average Bonchev–Trinajstić information content (AvgIpc) is 3.28. The standard InChI is InChI=1S/C22H15BrFN5O4/c23-17-12-14(9-10-18(17)24)25-20(27-31)19-21(29-33-28-19)26-22(30)13-5-4-8-16(11-13)32-15-6-2-1-3-7-15/h1-12,31H,(H,25,27)(H,26,29,30). The van der Waals surface area contributed by atoms with Crippen LogP contribution in [0, 0.1) is 5.82 Å². The van der Waals surface area contributed by atoms with Gasteiger partial charge in [-0.3, -0.25) is 15.5 Å². The number of hydroxylamine groups is 1. The number of rotatable bonds is 6. The third-order valence-corrected chi connectivity index (χ3v) is 4.88. The van der Waals surface area contributed by atoms with Gasteiger partial charge in [0, 0.05) is 5.56 Å². The number of benzene rings is 3. The van der Waals surface area contributed by atoms with Gasteiger partial charge in [0.15, 0.2) is 11.5 Å². The summed E-state index contributed by atoms with van der Waals surface area (Å²) in [4.78, 5) is 16.9. The Kier molecular flexibility index (Phi) is 6.72. The fraction of sp³-hybridized carbons (Fsp3) is 0. The predicted octanol–water partition coefficient (Wildman–Crippen LogP) is 5.07. The van der Waals surface area contributed by atoms with Crippen LogP contribution in [0.15, 0.2) is 86.9 Å². The zero-order valence-electron chi connectivity index (χ0n) is 16.7. The highest BCUT2D eigenvalue weighted by Crippen LogP contribution is 2.24. The first-order valence-corrected chi connectivity index (χ1v) is 10.2. The van der Waals surface area contributed by atoms with Crippen molar-refractivity contribution in [2.45, 2.75) is 0 Å². The average molecular weight is 512 g/mol. The minimum atomic E-state index is -0.521. The normalized spacial score (nSPS) is 11.2. The molecule has 0 aliphatic heterocycles. The number of amidine groups is 1. The van der Waals surface area contributed by atoms with Gasteiger partial charge >= 0.3 is 0 Å². The molecule has 1 aromatic heterocycles. The largest absolute Gasteiger partial charge is 0.457 e. The van der Waals surface area contributed by atoms with Crippen LogP contribution in [0.25, 0.3) is 0 Å². The summed E-state index contributed by atoms with van der Waals surface area (Å²) >= 11 is 3.07. The van der Waals surface area contributed by atoms with Crippen molar-refractivity contribution in [3.63, 3.8) is 0 Å². The summed E-state index contributed by atoms with van der Waals surface area (Å²) in [5.41, 5.74) is 2.40. The summed E-state index contributed by atoms with van der Waals surface area (Å²) < 4.78 is 24.1. The molecule has 0 saturated heterocycles. The van der Waals surface area contributed by atoms with Crippen molar-refractivity contribution < 1.29 is 23.8 Å². The van der Waals surface area contributed by atoms with E-state index in [9.17, 15) is 14.4 Å². The lowest BCUT2D eigenvalue weighted by Crippen LogP contribution is -2.23. The number of hydrogen-bond donors (Lipinski definition) is 3. The maximum atomic E-state index is 13.5. The van der Waals surface area contributed by atoms with Gasteiger partial charge in [-0.25, -0.2) is 14.0 Å². The molecule has 4 rings (SSSR count). The lowest BCUT2D eigenvalue weighted by atomic mass is 10.2. The molecule has 0 atom stereocenters. The molecular formula is C22H15BrFN5O4. The van der Waals surface area contributed by atoms with Crippen LogP contribution in [0.4, 0.5) is 15.9 Å². The molecule has 0 aliphatic rings. The lowest BCUT2D eigenvalue weighted by Gasteiger charge is -2.08. The number of carbonyl (C=O) groups excluding carboxylic acids is 1. The van der Waals surface area contributed by atoms with E-state index in [0.29, 0.717) is 17.2 Å². The van der Waals surface area contributed by atoms with Crippen molar-refractivity contribution >= 4 is 39.2 Å². The number of carbonyl (C=O) groups is 1. The van der Waals surface area contributed by atoms with Crippen molar-refractivity contribution in [3.8, 4) is 11.5 Å².